The van der Waals surface area contributed by atoms with Crippen molar-refractivity contribution in [3.63, 3.8) is 0 Å². The Kier molecular flexibility index (Phi) is 3.52. The van der Waals surface area contributed by atoms with Crippen LogP contribution in [0.2, 0.25) is 0 Å². The van der Waals surface area contributed by atoms with Crippen molar-refractivity contribution in [2.45, 2.75) is 6.04 Å². The predicted octanol–water partition coefficient (Wildman–Crippen LogP) is 2.14. The standard InChI is InChI=1S/C15H15N5/c16-10-13(11-4-2-1-3-5-11)19-14-7-6-12-15(20-14)18-9-8-17-12/h1-9,13H,10,16H2,(H,18,19,20). The van der Waals surface area contributed by atoms with Gasteiger partial charge < -0.3 is 11.1 Å². The summed E-state index contributed by atoms with van der Waals surface area (Å²) in [5.41, 5.74) is 8.39. The lowest BCUT2D eigenvalue weighted by atomic mass is 10.1. The summed E-state index contributed by atoms with van der Waals surface area (Å²) in [5, 5.41) is 3.33. The van der Waals surface area contributed by atoms with Crippen LogP contribution in [0.25, 0.3) is 11.2 Å². The molecule has 3 rings (SSSR count). The van der Waals surface area contributed by atoms with Crippen LogP contribution in [0.3, 0.4) is 0 Å². The van der Waals surface area contributed by atoms with Crippen LogP contribution in [-0.2, 0) is 0 Å². The van der Waals surface area contributed by atoms with E-state index < -0.39 is 0 Å². The molecule has 0 saturated carbocycles. The Morgan fingerprint density at radius 3 is 2.60 bits per heavy atom. The van der Waals surface area contributed by atoms with E-state index in [-0.39, 0.29) is 6.04 Å². The lowest BCUT2D eigenvalue weighted by molar-refractivity contribution is 0.785. The number of pyridine rings is 1. The van der Waals surface area contributed by atoms with Gasteiger partial charge in [0, 0.05) is 18.9 Å². The van der Waals surface area contributed by atoms with Gasteiger partial charge in [-0.05, 0) is 17.7 Å². The molecule has 0 aliphatic heterocycles. The maximum absolute atomic E-state index is 5.85. The topological polar surface area (TPSA) is 76.7 Å². The Hall–Kier alpha value is -2.53. The van der Waals surface area contributed by atoms with Gasteiger partial charge in [-0.1, -0.05) is 30.3 Å². The number of hydrogen-bond donors (Lipinski definition) is 2. The van der Waals surface area contributed by atoms with E-state index in [1.165, 1.54) is 0 Å². The van der Waals surface area contributed by atoms with Gasteiger partial charge in [-0.15, -0.1) is 0 Å². The van der Waals surface area contributed by atoms with Crippen LogP contribution in [-0.4, -0.2) is 21.5 Å². The fourth-order valence-corrected chi connectivity index (χ4v) is 2.08. The van der Waals surface area contributed by atoms with Crippen LogP contribution < -0.4 is 11.1 Å². The number of rotatable bonds is 4. The minimum Gasteiger partial charge on any atom is -0.362 e. The molecule has 1 aromatic carbocycles. The molecule has 20 heavy (non-hydrogen) atoms. The smallest absolute Gasteiger partial charge is 0.180 e. The Balaban J connectivity index is 1.87. The molecule has 0 bridgehead atoms. The number of nitrogens with zero attached hydrogens (tertiary/aromatic N) is 3. The van der Waals surface area contributed by atoms with Gasteiger partial charge in [0.05, 0.1) is 6.04 Å². The van der Waals surface area contributed by atoms with Crippen molar-refractivity contribution in [1.29, 1.82) is 0 Å². The zero-order valence-electron chi connectivity index (χ0n) is 10.9. The molecule has 0 radical (unpaired) electrons. The van der Waals surface area contributed by atoms with Gasteiger partial charge in [0.25, 0.3) is 0 Å². The first-order valence-corrected chi connectivity index (χ1v) is 6.46. The summed E-state index contributed by atoms with van der Waals surface area (Å²) in [5.74, 6) is 0.748. The molecule has 2 heterocycles. The van der Waals surface area contributed by atoms with Gasteiger partial charge >= 0.3 is 0 Å². The summed E-state index contributed by atoms with van der Waals surface area (Å²) >= 11 is 0. The third-order valence-corrected chi connectivity index (χ3v) is 3.09. The van der Waals surface area contributed by atoms with Crippen molar-refractivity contribution in [3.8, 4) is 0 Å². The molecule has 0 aliphatic carbocycles. The molecule has 0 amide bonds. The predicted molar refractivity (Wildman–Crippen MR) is 79.2 cm³/mol. The minimum atomic E-state index is 0.0258. The Bertz CT molecular complexity index is 699. The third-order valence-electron chi connectivity index (χ3n) is 3.09. The van der Waals surface area contributed by atoms with E-state index in [4.69, 9.17) is 5.73 Å². The Morgan fingerprint density at radius 2 is 1.80 bits per heavy atom. The van der Waals surface area contributed by atoms with Crippen LogP contribution >= 0.6 is 0 Å². The third kappa shape index (κ3) is 2.57. The van der Waals surface area contributed by atoms with Crippen LogP contribution in [0.1, 0.15) is 11.6 Å². The molecule has 0 saturated heterocycles. The quantitative estimate of drug-likeness (QED) is 0.755. The van der Waals surface area contributed by atoms with Crippen molar-refractivity contribution in [2.24, 2.45) is 5.73 Å². The van der Waals surface area contributed by atoms with E-state index in [2.05, 4.69) is 20.3 Å². The molecule has 1 atom stereocenters. The molecular formula is C15H15N5. The molecule has 3 aromatic rings. The van der Waals surface area contributed by atoms with E-state index in [1.807, 2.05) is 42.5 Å². The molecule has 0 fully saturated rings. The van der Waals surface area contributed by atoms with E-state index in [9.17, 15) is 0 Å². The van der Waals surface area contributed by atoms with Crippen LogP contribution in [0.5, 0.6) is 0 Å². The number of nitrogens with one attached hydrogen (secondary N) is 1. The SMILES string of the molecule is NCC(Nc1ccc2nccnc2n1)c1ccccc1. The first kappa shape index (κ1) is 12.5. The summed E-state index contributed by atoms with van der Waals surface area (Å²) in [6, 6.07) is 13.9. The molecule has 0 aliphatic rings. The lowest BCUT2D eigenvalue weighted by Crippen LogP contribution is -2.21. The summed E-state index contributed by atoms with van der Waals surface area (Å²) in [4.78, 5) is 12.9. The van der Waals surface area contributed by atoms with Gasteiger partial charge in [-0.2, -0.15) is 0 Å². The lowest BCUT2D eigenvalue weighted by Gasteiger charge is -2.17. The molecule has 5 heteroatoms. The normalized spacial score (nSPS) is 12.2. The molecule has 0 spiro atoms. The van der Waals surface area contributed by atoms with Crippen molar-refractivity contribution in [3.05, 3.63) is 60.4 Å². The summed E-state index contributed by atoms with van der Waals surface area (Å²) < 4.78 is 0. The van der Waals surface area contributed by atoms with E-state index >= 15 is 0 Å². The fraction of sp³-hybridized carbons (Fsp3) is 0.133. The summed E-state index contributed by atoms with van der Waals surface area (Å²) in [6.07, 6.45) is 3.29. The minimum absolute atomic E-state index is 0.0258. The second kappa shape index (κ2) is 5.63. The first-order valence-electron chi connectivity index (χ1n) is 6.46. The van der Waals surface area contributed by atoms with Gasteiger partial charge in [0.15, 0.2) is 5.65 Å². The van der Waals surface area contributed by atoms with Crippen molar-refractivity contribution in [1.82, 2.24) is 15.0 Å². The second-order valence-electron chi connectivity index (χ2n) is 4.44. The van der Waals surface area contributed by atoms with E-state index in [0.717, 1.165) is 16.9 Å². The summed E-state index contributed by atoms with van der Waals surface area (Å²) in [7, 11) is 0. The highest BCUT2D eigenvalue weighted by Crippen LogP contribution is 2.18. The molecule has 2 aromatic heterocycles. The van der Waals surface area contributed by atoms with Crippen LogP contribution in [0.4, 0.5) is 5.82 Å². The van der Waals surface area contributed by atoms with E-state index in [0.29, 0.717) is 12.2 Å². The second-order valence-corrected chi connectivity index (χ2v) is 4.44. The molecular weight excluding hydrogens is 250 g/mol. The summed E-state index contributed by atoms with van der Waals surface area (Å²) in [6.45, 7) is 0.490. The van der Waals surface area contributed by atoms with Crippen molar-refractivity contribution >= 4 is 17.0 Å². The number of hydrogen-bond acceptors (Lipinski definition) is 5. The Morgan fingerprint density at radius 1 is 1.00 bits per heavy atom. The number of anilines is 1. The van der Waals surface area contributed by atoms with Gasteiger partial charge in [-0.3, -0.25) is 4.98 Å². The van der Waals surface area contributed by atoms with Crippen molar-refractivity contribution in [2.75, 3.05) is 11.9 Å². The van der Waals surface area contributed by atoms with Gasteiger partial charge in [-0.25, -0.2) is 9.97 Å². The van der Waals surface area contributed by atoms with Crippen molar-refractivity contribution < 1.29 is 0 Å². The van der Waals surface area contributed by atoms with Crippen LogP contribution in [0.15, 0.2) is 54.9 Å². The first-order chi connectivity index (χ1) is 9.86. The maximum atomic E-state index is 5.85. The zero-order valence-corrected chi connectivity index (χ0v) is 10.9. The molecule has 1 unspecified atom stereocenters. The monoisotopic (exact) mass is 265 g/mol. The molecule has 3 N–H and O–H groups in total. The van der Waals surface area contributed by atoms with Gasteiger partial charge in [0.1, 0.15) is 11.3 Å². The number of benzene rings is 1. The average molecular weight is 265 g/mol. The number of nitrogens with two attached hydrogens (primary N) is 1. The number of aromatic nitrogens is 3. The molecule has 100 valence electrons. The molecule has 5 nitrogen and oxygen atoms in total. The highest BCUT2D eigenvalue weighted by molar-refractivity contribution is 5.71. The zero-order chi connectivity index (χ0) is 13.8. The maximum Gasteiger partial charge on any atom is 0.180 e. The number of fused-ring (bicyclic) bond motifs is 1. The largest absolute Gasteiger partial charge is 0.362 e. The highest BCUT2D eigenvalue weighted by Gasteiger charge is 2.10. The van der Waals surface area contributed by atoms with Crippen LogP contribution in [0, 0.1) is 0 Å². The Labute approximate surface area is 116 Å². The van der Waals surface area contributed by atoms with Gasteiger partial charge in [0.2, 0.25) is 0 Å². The van der Waals surface area contributed by atoms with E-state index in [1.54, 1.807) is 12.4 Å². The fourth-order valence-electron chi connectivity index (χ4n) is 2.08. The highest BCUT2D eigenvalue weighted by atomic mass is 15.0. The average Bonchev–Trinajstić information content (AvgIpc) is 2.53.